The molecule has 0 aliphatic rings. The quantitative estimate of drug-likeness (QED) is 0.462. The number of nitrogens with one attached hydrogen (secondary N) is 1. The third kappa shape index (κ3) is 3.46. The highest BCUT2D eigenvalue weighted by atomic mass is 19.1. The molecule has 2 N–H and O–H groups in total. The predicted molar refractivity (Wildman–Crippen MR) is 118 cm³/mol. The zero-order valence-electron chi connectivity index (χ0n) is 16.3. The van der Waals surface area contributed by atoms with E-state index in [0.29, 0.717) is 12.8 Å². The Morgan fingerprint density at radius 3 is 2.43 bits per heavy atom. The van der Waals surface area contributed by atoms with Gasteiger partial charge in [0.05, 0.1) is 17.0 Å². The average molecular weight is 376 g/mol. The first-order valence-corrected chi connectivity index (χ1v) is 9.17. The Morgan fingerprint density at radius 1 is 1.21 bits per heavy atom. The van der Waals surface area contributed by atoms with Crippen LogP contribution in [-0.2, 0) is 6.42 Å². The molecular formula is C24H25FN2O. The highest BCUT2D eigenvalue weighted by Gasteiger charge is 2.20. The lowest BCUT2D eigenvalue weighted by Gasteiger charge is -2.13. The zero-order chi connectivity index (χ0) is 20.4. The van der Waals surface area contributed by atoms with Gasteiger partial charge in [0.15, 0.2) is 0 Å². The molecule has 28 heavy (non-hydrogen) atoms. The molecule has 0 fully saturated rings. The lowest BCUT2D eigenvalue weighted by Crippen LogP contribution is -2.01. The van der Waals surface area contributed by atoms with E-state index in [-0.39, 0.29) is 11.6 Å². The van der Waals surface area contributed by atoms with Crippen LogP contribution >= 0.6 is 0 Å². The molecule has 4 heteroatoms. The Morgan fingerprint density at radius 2 is 1.89 bits per heavy atom. The molecule has 0 aliphatic carbocycles. The first-order chi connectivity index (χ1) is 13.4. The summed E-state index contributed by atoms with van der Waals surface area (Å²) in [6.07, 6.45) is 2.89. The number of aliphatic hydroxyl groups excluding tert-OH is 1. The lowest BCUT2D eigenvalue weighted by molar-refractivity contribution is 0.391. The van der Waals surface area contributed by atoms with Gasteiger partial charge in [0.2, 0.25) is 0 Å². The molecular weight excluding hydrogens is 351 g/mol. The van der Waals surface area contributed by atoms with Crippen LogP contribution in [0.4, 0.5) is 10.1 Å². The van der Waals surface area contributed by atoms with E-state index < -0.39 is 0 Å². The van der Waals surface area contributed by atoms with Gasteiger partial charge in [-0.1, -0.05) is 25.8 Å². The van der Waals surface area contributed by atoms with E-state index in [0.717, 1.165) is 44.7 Å². The van der Waals surface area contributed by atoms with Crippen molar-refractivity contribution in [1.82, 2.24) is 4.57 Å². The maximum atomic E-state index is 13.5. The van der Waals surface area contributed by atoms with E-state index >= 15 is 0 Å². The summed E-state index contributed by atoms with van der Waals surface area (Å²) in [5, 5.41) is 13.9. The Balaban J connectivity index is 2.42. The highest BCUT2D eigenvalue weighted by molar-refractivity contribution is 5.96. The largest absolute Gasteiger partial charge is 0.513 e. The Hall–Kier alpha value is -3.27. The number of aliphatic hydroxyl groups is 1. The van der Waals surface area contributed by atoms with Gasteiger partial charge in [-0.05, 0) is 66.4 Å². The number of fused-ring (bicyclic) bond motifs is 1. The minimum absolute atomic E-state index is 0.145. The molecule has 3 nitrogen and oxygen atoms in total. The predicted octanol–water partition coefficient (Wildman–Crippen LogP) is 6.49. The van der Waals surface area contributed by atoms with E-state index in [4.69, 9.17) is 0 Å². The molecule has 0 saturated carbocycles. The Kier molecular flexibility index (Phi) is 5.41. The van der Waals surface area contributed by atoms with Crippen LogP contribution in [0.2, 0.25) is 0 Å². The SMILES string of the molecule is C=Cc1cc2c(cc1NC)c(CCC(=C)O)c(C(=C)C)n2-c1ccc(F)cc1. The molecule has 0 saturated heterocycles. The second-order valence-corrected chi connectivity index (χ2v) is 6.90. The van der Waals surface area contributed by atoms with Crippen LogP contribution in [-0.4, -0.2) is 16.7 Å². The average Bonchev–Trinajstić information content (AvgIpc) is 2.99. The number of benzene rings is 2. The number of nitrogens with zero attached hydrogens (tertiary/aromatic N) is 1. The third-order valence-electron chi connectivity index (χ3n) is 4.89. The van der Waals surface area contributed by atoms with Crippen molar-refractivity contribution in [1.29, 1.82) is 0 Å². The fourth-order valence-electron chi connectivity index (χ4n) is 3.63. The molecule has 0 amide bonds. The van der Waals surface area contributed by atoms with Crippen LogP contribution in [0, 0.1) is 5.82 Å². The number of rotatable bonds is 7. The third-order valence-corrected chi connectivity index (χ3v) is 4.89. The summed E-state index contributed by atoms with van der Waals surface area (Å²) in [4.78, 5) is 0. The molecule has 1 aromatic heterocycles. The van der Waals surface area contributed by atoms with Crippen LogP contribution in [0.5, 0.6) is 0 Å². The highest BCUT2D eigenvalue weighted by Crippen LogP contribution is 2.37. The molecule has 0 radical (unpaired) electrons. The molecule has 1 heterocycles. The number of aryl methyl sites for hydroxylation is 1. The molecule has 0 bridgehead atoms. The standard InChI is InChI=1S/C24H25FN2O/c1-6-17-13-23-21(14-22(17)26-5)20(12-7-16(4)28)24(15(2)3)27(23)19-10-8-18(25)9-11-19/h6,8-11,13-14,26,28H,1-2,4,7,12H2,3,5H3. The Labute approximate surface area is 165 Å². The molecule has 2 aromatic carbocycles. The smallest absolute Gasteiger partial charge is 0.123 e. The van der Waals surface area contributed by atoms with Crippen LogP contribution in [0.25, 0.3) is 28.2 Å². The minimum Gasteiger partial charge on any atom is -0.513 e. The van der Waals surface area contributed by atoms with Crippen molar-refractivity contribution < 1.29 is 9.50 Å². The van der Waals surface area contributed by atoms with Crippen LogP contribution < -0.4 is 5.32 Å². The Bertz CT molecular complexity index is 1070. The number of hydrogen-bond acceptors (Lipinski definition) is 2. The van der Waals surface area contributed by atoms with Gasteiger partial charge in [0.25, 0.3) is 0 Å². The van der Waals surface area contributed by atoms with Crippen molar-refractivity contribution in [3.63, 3.8) is 0 Å². The summed E-state index contributed by atoms with van der Waals surface area (Å²) >= 11 is 0. The minimum atomic E-state index is -0.280. The van der Waals surface area contributed by atoms with E-state index in [9.17, 15) is 9.50 Å². The van der Waals surface area contributed by atoms with Gasteiger partial charge in [-0.15, -0.1) is 0 Å². The molecule has 3 aromatic rings. The van der Waals surface area contributed by atoms with Gasteiger partial charge in [0, 0.05) is 30.2 Å². The second kappa shape index (κ2) is 7.77. The summed E-state index contributed by atoms with van der Waals surface area (Å²) in [7, 11) is 1.88. The van der Waals surface area contributed by atoms with Gasteiger partial charge in [0.1, 0.15) is 5.82 Å². The maximum Gasteiger partial charge on any atom is 0.123 e. The van der Waals surface area contributed by atoms with E-state index in [1.54, 1.807) is 12.1 Å². The van der Waals surface area contributed by atoms with Gasteiger partial charge >= 0.3 is 0 Å². The van der Waals surface area contributed by atoms with Gasteiger partial charge < -0.3 is 15.0 Å². The first-order valence-electron chi connectivity index (χ1n) is 9.17. The lowest BCUT2D eigenvalue weighted by atomic mass is 10.0. The number of hydrogen-bond donors (Lipinski definition) is 2. The fourth-order valence-corrected chi connectivity index (χ4v) is 3.63. The molecule has 0 aliphatic heterocycles. The van der Waals surface area contributed by atoms with Crippen molar-refractivity contribution in [2.24, 2.45) is 0 Å². The van der Waals surface area contributed by atoms with Gasteiger partial charge in [-0.2, -0.15) is 0 Å². The normalized spacial score (nSPS) is 10.8. The maximum absolute atomic E-state index is 13.5. The van der Waals surface area contributed by atoms with Crippen LogP contribution in [0.3, 0.4) is 0 Å². The summed E-state index contributed by atoms with van der Waals surface area (Å²) in [6.45, 7) is 13.7. The fraction of sp³-hybridized carbons (Fsp3) is 0.167. The van der Waals surface area contributed by atoms with Crippen molar-refractivity contribution >= 4 is 28.2 Å². The molecule has 3 rings (SSSR count). The topological polar surface area (TPSA) is 37.2 Å². The summed E-state index contributed by atoms with van der Waals surface area (Å²) in [5.41, 5.74) is 6.71. The van der Waals surface area contributed by atoms with Crippen LogP contribution in [0.15, 0.2) is 61.9 Å². The van der Waals surface area contributed by atoms with Crippen molar-refractivity contribution in [2.45, 2.75) is 19.8 Å². The number of anilines is 1. The summed E-state index contributed by atoms with van der Waals surface area (Å²) in [6, 6.07) is 10.6. The summed E-state index contributed by atoms with van der Waals surface area (Å²) in [5.74, 6) is -0.134. The van der Waals surface area contributed by atoms with Crippen molar-refractivity contribution in [3.05, 3.63) is 84.5 Å². The van der Waals surface area contributed by atoms with E-state index in [1.165, 1.54) is 12.1 Å². The van der Waals surface area contributed by atoms with E-state index in [2.05, 4.69) is 41.8 Å². The van der Waals surface area contributed by atoms with Crippen LogP contribution in [0.1, 0.15) is 30.2 Å². The molecule has 0 unspecified atom stereocenters. The van der Waals surface area contributed by atoms with Crippen molar-refractivity contribution in [2.75, 3.05) is 12.4 Å². The second-order valence-electron chi connectivity index (χ2n) is 6.90. The van der Waals surface area contributed by atoms with E-state index in [1.807, 2.05) is 20.0 Å². The molecule has 0 atom stereocenters. The number of allylic oxidation sites excluding steroid dienone is 2. The monoisotopic (exact) mass is 376 g/mol. The number of halogens is 1. The van der Waals surface area contributed by atoms with Gasteiger partial charge in [-0.3, -0.25) is 0 Å². The molecule has 144 valence electrons. The molecule has 0 spiro atoms. The number of aromatic nitrogens is 1. The first kappa shape index (κ1) is 19.5. The zero-order valence-corrected chi connectivity index (χ0v) is 16.3. The van der Waals surface area contributed by atoms with Gasteiger partial charge in [-0.25, -0.2) is 4.39 Å². The van der Waals surface area contributed by atoms with Crippen molar-refractivity contribution in [3.8, 4) is 5.69 Å². The summed E-state index contributed by atoms with van der Waals surface area (Å²) < 4.78 is 15.6.